The van der Waals surface area contributed by atoms with Crippen LogP contribution in [0.4, 0.5) is 0 Å². The molecule has 21 aromatic rings. The van der Waals surface area contributed by atoms with Gasteiger partial charge >= 0.3 is 0 Å². The van der Waals surface area contributed by atoms with Crippen LogP contribution in [0, 0.1) is 0 Å². The van der Waals surface area contributed by atoms with Gasteiger partial charge in [0.2, 0.25) is 0 Å². The van der Waals surface area contributed by atoms with Gasteiger partial charge < -0.3 is 9.88 Å². The molecule has 21 rings (SSSR count). The van der Waals surface area contributed by atoms with E-state index in [4.69, 9.17) is 0 Å². The molecule has 692 valence electrons. The van der Waals surface area contributed by atoms with E-state index in [1.165, 1.54) is 16.7 Å². The van der Waals surface area contributed by atoms with E-state index in [-0.39, 0.29) is 17.3 Å². The molecule has 0 unspecified atom stereocenters. The van der Waals surface area contributed by atoms with Gasteiger partial charge in [-0.1, -0.05) is 335 Å². The van der Waals surface area contributed by atoms with Crippen molar-refractivity contribution in [2.45, 2.75) is 71.6 Å². The van der Waals surface area contributed by atoms with Gasteiger partial charge in [-0.05, 0) is 204 Å². The van der Waals surface area contributed by atoms with E-state index >= 15 is 0 Å². The zero-order valence-electron chi connectivity index (χ0n) is 78.8. The molecule has 7 N–H and O–H groups in total. The number of fused-ring (bicyclic) bond motifs is 7. The molecule has 0 radical (unpaired) electrons. The van der Waals surface area contributed by atoms with Crippen LogP contribution in [0.2, 0.25) is 0 Å². The Hall–Kier alpha value is -17.5. The first kappa shape index (κ1) is 95.7. The second kappa shape index (κ2) is 48.6. The first-order chi connectivity index (χ1) is 68.7. The lowest BCUT2D eigenvalue weighted by Gasteiger charge is -2.09. The molecule has 18 heteroatoms. The van der Waals surface area contributed by atoms with Crippen LogP contribution >= 0.6 is 0 Å². The highest BCUT2D eigenvalue weighted by Crippen LogP contribution is 2.29. The Morgan fingerprint density at radius 1 is 0.293 bits per heavy atom. The largest absolute Gasteiger partial charge is 0.361 e. The van der Waals surface area contributed by atoms with Crippen LogP contribution in [0.5, 0.6) is 0 Å². The van der Waals surface area contributed by atoms with Crippen LogP contribution in [0.3, 0.4) is 0 Å². The molecule has 140 heavy (non-hydrogen) atoms. The van der Waals surface area contributed by atoms with E-state index in [0.717, 1.165) is 192 Å². The van der Waals surface area contributed by atoms with Crippen molar-refractivity contribution in [1.29, 1.82) is 0 Å². The minimum absolute atomic E-state index is 0.120. The zero-order valence-corrected chi connectivity index (χ0v) is 78.8. The van der Waals surface area contributed by atoms with Crippen molar-refractivity contribution in [1.82, 2.24) is 71.1 Å². The fourth-order valence-corrected chi connectivity index (χ4v) is 16.2. The van der Waals surface area contributed by atoms with Gasteiger partial charge in [0.05, 0.1) is 67.3 Å². The molecule has 7 heterocycles. The van der Waals surface area contributed by atoms with Crippen molar-refractivity contribution in [3.05, 3.63) is 465 Å². The summed E-state index contributed by atoms with van der Waals surface area (Å²) in [6.45, 7) is 4.79. The third kappa shape index (κ3) is 27.2. The second-order valence-corrected chi connectivity index (χ2v) is 34.5. The summed E-state index contributed by atoms with van der Waals surface area (Å²) in [4.78, 5) is 53.9. The number of aromatic nitrogens is 13. The molecule has 14 aromatic carbocycles. The number of benzene rings is 14. The highest BCUT2D eigenvalue weighted by atomic mass is 16.1. The van der Waals surface area contributed by atoms with Crippen LogP contribution in [-0.2, 0) is 52.9 Å². The Morgan fingerprint density at radius 3 is 1.01 bits per heavy atom. The highest BCUT2D eigenvalue weighted by Gasteiger charge is 2.16. The topological polar surface area (TPSA) is 259 Å². The minimum Gasteiger partial charge on any atom is -0.361 e. The Bertz CT molecular complexity index is 7870. The van der Waals surface area contributed by atoms with Gasteiger partial charge in [0, 0.05) is 100 Å². The molecule has 0 aliphatic carbocycles. The van der Waals surface area contributed by atoms with Gasteiger partial charge in [-0.3, -0.25) is 49.8 Å². The predicted octanol–water partition coefficient (Wildman–Crippen LogP) is 27.2. The normalized spacial score (nSPS) is 11.4. The standard InChI is InChI=1S/C26H21N3O.C23H18N2O.C21H22N2O.C19H21N3.C18H16N2O.C15H12N2/c30-21(16-20-17-27-24-9-5-4-8-22(20)24)14-19-11-13-26-23(15-19)25(28-29-26)12-10-18-6-2-1-3-7-18;26-23(19-9-5-2-6-10-19)16-18-12-14-22-20(15-18)21(24-25-22)13-11-17-7-3-1-4-8-17;1-2-3-9-18(24)14-17-11-13-21-19(15-17)20(22-23-21)12-10-16-7-5-4-6-8-16;1-22(2)14-13-16-9-7-15(8-10-16)11-12-19-17-5-3-4-6-18(17)20-21-19;1-13(21)11-15-8-10-18-16(12-15)17(19-20-18)9-7-14-5-3-2-4-6-14;1-2-6-12(7-3-1)10-11-15-13-8-4-5-9-14(13)16-17-15/h1-13,15,17,27H,14,16H2,(H,28,29);1-15H,16H2,(H,24,25);4-8,10-13,15H,2-3,9,14H2,1H3,(H,22,23);3-12H,13-14H2,1-2H3,(H,20,21);2-10,12H,11H2,1H3,(H,19,20);1-11H,(H,16,17)/b12-10+;13-11+;12-10+;12-11+;9-7+;11-10+. The Labute approximate surface area is 814 Å². The highest BCUT2D eigenvalue weighted by molar-refractivity contribution is 6.00. The number of para-hydroxylation sites is 3. The number of aromatic amines is 7. The monoisotopic (exact) mass is 1830 g/mol. The summed E-state index contributed by atoms with van der Waals surface area (Å²) in [6, 6.07) is 117. The summed E-state index contributed by atoms with van der Waals surface area (Å²) >= 11 is 0. The van der Waals surface area contributed by atoms with E-state index in [1.807, 2.05) is 279 Å². The van der Waals surface area contributed by atoms with Gasteiger partial charge in [0.25, 0.3) is 0 Å². The van der Waals surface area contributed by atoms with Crippen LogP contribution in [-0.4, -0.2) is 115 Å². The number of nitrogens with zero attached hydrogens (tertiary/aromatic N) is 7. The van der Waals surface area contributed by atoms with Gasteiger partial charge in [-0.25, -0.2) is 0 Å². The number of rotatable bonds is 29. The lowest BCUT2D eigenvalue weighted by atomic mass is 10.0. The molecule has 0 bridgehead atoms. The van der Waals surface area contributed by atoms with Crippen LogP contribution in [0.25, 0.3) is 149 Å². The summed E-state index contributed by atoms with van der Waals surface area (Å²) in [5.74, 6) is 0.791. The summed E-state index contributed by atoms with van der Waals surface area (Å²) in [7, 11) is 4.20. The molecule has 0 saturated heterocycles. The molecule has 0 fully saturated rings. The van der Waals surface area contributed by atoms with Gasteiger partial charge in [0.1, 0.15) is 17.3 Å². The number of hydrogen-bond donors (Lipinski definition) is 7. The Morgan fingerprint density at radius 2 is 0.621 bits per heavy atom. The fraction of sp³-hybridized carbons (Fsp3) is 0.115. The van der Waals surface area contributed by atoms with Crippen molar-refractivity contribution in [2.24, 2.45) is 0 Å². The average molecular weight is 1840 g/mol. The van der Waals surface area contributed by atoms with Crippen molar-refractivity contribution < 1.29 is 19.2 Å². The van der Waals surface area contributed by atoms with Gasteiger partial charge in [0.15, 0.2) is 5.78 Å². The molecule has 0 amide bonds. The van der Waals surface area contributed by atoms with Crippen LogP contribution < -0.4 is 0 Å². The van der Waals surface area contributed by atoms with Gasteiger partial charge in [-0.15, -0.1) is 0 Å². The number of H-pyrrole nitrogens is 7. The third-order valence-corrected chi connectivity index (χ3v) is 23.6. The maximum atomic E-state index is 12.7. The Kier molecular flexibility index (Phi) is 33.2. The molecule has 18 nitrogen and oxygen atoms in total. The van der Waals surface area contributed by atoms with Crippen molar-refractivity contribution in [3.63, 3.8) is 0 Å². The molecule has 0 aliphatic heterocycles. The number of carbonyl (C=O) groups excluding carboxylic acids is 4. The molecular weight excluding hydrogens is 1730 g/mol. The number of ketones is 4. The summed E-state index contributed by atoms with van der Waals surface area (Å²) in [5, 5.41) is 52.0. The Balaban J connectivity index is 0.000000122. The maximum absolute atomic E-state index is 12.7. The van der Waals surface area contributed by atoms with E-state index in [2.05, 4.69) is 244 Å². The number of hydrogen-bond acceptors (Lipinski definition) is 11. The SMILES string of the molecule is C(=C\c1n[nH]c2ccccc12)/c1ccccc1.CC(=O)Cc1ccc2n[nH]c(/C=C/c3ccccc3)c2c1.CCCCC(=O)Cc1ccc2n[nH]c(/C=C/c3ccccc3)c2c1.CN(C)CCc1ccc(/C=C/c2n[nH]c3ccccc23)cc1.O=C(Cc1ccc2n[nH]c(/C=C/c3ccccc3)c2c1)Cc1c[nH]c2ccccc12.O=C(Cc1ccc2n[nH]c(/C=C/c3ccccc3)c2c1)c1ccccc1. The third-order valence-electron chi connectivity index (χ3n) is 23.6. The van der Waals surface area contributed by atoms with Crippen molar-refractivity contribution >= 4 is 172 Å². The fourth-order valence-electron chi connectivity index (χ4n) is 16.2. The molecule has 0 saturated carbocycles. The quantitative estimate of drug-likeness (QED) is 0.0217. The number of Topliss-reactive ketones (excluding diaryl/α,β-unsaturated/α-hetero) is 4. The molecule has 0 aliphatic rings. The van der Waals surface area contributed by atoms with E-state index < -0.39 is 0 Å². The summed E-state index contributed by atoms with van der Waals surface area (Å²) < 4.78 is 0. The predicted molar refractivity (Wildman–Crippen MR) is 579 cm³/mol. The van der Waals surface area contributed by atoms with Crippen LogP contribution in [0.1, 0.15) is 144 Å². The smallest absolute Gasteiger partial charge is 0.167 e. The van der Waals surface area contributed by atoms with Crippen LogP contribution in [0.15, 0.2) is 358 Å². The lowest BCUT2D eigenvalue weighted by Crippen LogP contribution is -2.14. The number of unbranched alkanes of at least 4 members (excludes halogenated alkanes) is 1. The van der Waals surface area contributed by atoms with Crippen molar-refractivity contribution in [3.8, 4) is 0 Å². The summed E-state index contributed by atoms with van der Waals surface area (Å²) in [5.41, 5.74) is 26.7. The molecule has 0 atom stereocenters. The van der Waals surface area contributed by atoms with E-state index in [0.29, 0.717) is 44.3 Å². The molecular formula is C122H110N14O4. The number of carbonyl (C=O) groups is 4. The maximum Gasteiger partial charge on any atom is 0.167 e. The van der Waals surface area contributed by atoms with E-state index in [1.54, 1.807) is 6.92 Å². The summed E-state index contributed by atoms with van der Waals surface area (Å²) in [6.07, 6.45) is 32.5. The first-order valence-corrected chi connectivity index (χ1v) is 47.2. The molecule has 7 aromatic heterocycles. The number of nitrogens with one attached hydrogen (secondary N) is 7. The van der Waals surface area contributed by atoms with Gasteiger partial charge in [-0.2, -0.15) is 30.6 Å². The zero-order chi connectivity index (χ0) is 96.4. The van der Waals surface area contributed by atoms with Crippen molar-refractivity contribution in [2.75, 3.05) is 20.6 Å². The average Bonchev–Trinajstić information content (AvgIpc) is 1.70. The first-order valence-electron chi connectivity index (χ1n) is 47.2. The lowest BCUT2D eigenvalue weighted by molar-refractivity contribution is -0.119. The minimum atomic E-state index is 0.120. The molecule has 0 spiro atoms. The van der Waals surface area contributed by atoms with E-state index in [9.17, 15) is 19.2 Å². The number of likely N-dealkylation sites (N-methyl/N-ethyl adjacent to an activating group) is 1. The second-order valence-electron chi connectivity index (χ2n) is 34.5.